The minimum atomic E-state index is -3.46. The zero-order valence-corrected chi connectivity index (χ0v) is 16.7. The molecule has 0 saturated carbocycles. The fraction of sp³-hybridized carbons (Fsp3) is 0.316. The maximum absolute atomic E-state index is 12.8. The standard InChI is InChI=1S/C19H22N6O2S/c1-15-16(2)25(14-22-15)19-12-18(20-13-21-19)23-8-10-24(11-9-23)28(26,27)17-6-4-3-5-7-17/h3-7,12-14H,8-11H2,1-2H3. The number of sulfonamides is 1. The van der Waals surface area contributed by atoms with Gasteiger partial charge < -0.3 is 4.90 Å². The van der Waals surface area contributed by atoms with Gasteiger partial charge in [0.25, 0.3) is 0 Å². The molecule has 0 atom stereocenters. The highest BCUT2D eigenvalue weighted by Crippen LogP contribution is 2.21. The summed E-state index contributed by atoms with van der Waals surface area (Å²) in [6.45, 7) is 5.94. The lowest BCUT2D eigenvalue weighted by molar-refractivity contribution is 0.383. The van der Waals surface area contributed by atoms with E-state index in [1.54, 1.807) is 30.6 Å². The fourth-order valence-electron chi connectivity index (χ4n) is 3.27. The summed E-state index contributed by atoms with van der Waals surface area (Å²) in [6, 6.07) is 10.5. The molecule has 1 aliphatic heterocycles. The van der Waals surface area contributed by atoms with Crippen LogP contribution in [0.2, 0.25) is 0 Å². The van der Waals surface area contributed by atoms with Crippen LogP contribution in [0.5, 0.6) is 0 Å². The van der Waals surface area contributed by atoms with Crippen molar-refractivity contribution in [3.8, 4) is 5.82 Å². The van der Waals surface area contributed by atoms with Crippen LogP contribution in [0.3, 0.4) is 0 Å². The first-order valence-corrected chi connectivity index (χ1v) is 10.5. The number of aryl methyl sites for hydroxylation is 1. The summed E-state index contributed by atoms with van der Waals surface area (Å²) in [6.07, 6.45) is 3.29. The Morgan fingerprint density at radius 2 is 1.57 bits per heavy atom. The van der Waals surface area contributed by atoms with E-state index in [2.05, 4.69) is 19.9 Å². The van der Waals surface area contributed by atoms with Crippen molar-refractivity contribution in [1.82, 2.24) is 23.8 Å². The van der Waals surface area contributed by atoms with Crippen LogP contribution in [0.1, 0.15) is 11.4 Å². The maximum atomic E-state index is 12.8. The van der Waals surface area contributed by atoms with Gasteiger partial charge in [0.2, 0.25) is 10.0 Å². The Kier molecular flexibility index (Phi) is 4.86. The molecular weight excluding hydrogens is 376 g/mol. The topological polar surface area (TPSA) is 84.2 Å². The van der Waals surface area contributed by atoms with Crippen molar-refractivity contribution in [3.05, 3.63) is 60.4 Å². The summed E-state index contributed by atoms with van der Waals surface area (Å²) in [5, 5.41) is 0. The van der Waals surface area contributed by atoms with Crippen molar-refractivity contribution in [2.24, 2.45) is 0 Å². The molecule has 3 aromatic rings. The second-order valence-electron chi connectivity index (χ2n) is 6.72. The summed E-state index contributed by atoms with van der Waals surface area (Å²) in [7, 11) is -3.46. The molecular formula is C19H22N6O2S. The average molecular weight is 398 g/mol. The largest absolute Gasteiger partial charge is 0.354 e. The second kappa shape index (κ2) is 7.33. The molecule has 0 unspecified atom stereocenters. The lowest BCUT2D eigenvalue weighted by Crippen LogP contribution is -2.48. The molecule has 0 radical (unpaired) electrons. The normalized spacial score (nSPS) is 15.7. The summed E-state index contributed by atoms with van der Waals surface area (Å²) in [4.78, 5) is 15.5. The number of hydrogen-bond acceptors (Lipinski definition) is 6. The quantitative estimate of drug-likeness (QED) is 0.666. The highest BCUT2D eigenvalue weighted by Gasteiger charge is 2.28. The molecule has 1 aromatic carbocycles. The molecule has 8 nitrogen and oxygen atoms in total. The third-order valence-electron chi connectivity index (χ3n) is 5.08. The molecule has 1 saturated heterocycles. The van der Waals surface area contributed by atoms with Gasteiger partial charge in [0.15, 0.2) is 0 Å². The molecule has 1 aliphatic rings. The lowest BCUT2D eigenvalue weighted by atomic mass is 10.3. The van der Waals surface area contributed by atoms with Crippen molar-refractivity contribution in [1.29, 1.82) is 0 Å². The number of anilines is 1. The van der Waals surface area contributed by atoms with E-state index >= 15 is 0 Å². The van der Waals surface area contributed by atoms with Crippen LogP contribution in [0.25, 0.3) is 5.82 Å². The smallest absolute Gasteiger partial charge is 0.243 e. The van der Waals surface area contributed by atoms with Crippen molar-refractivity contribution in [3.63, 3.8) is 0 Å². The predicted octanol–water partition coefficient (Wildman–Crippen LogP) is 1.79. The number of aromatic nitrogens is 4. The van der Waals surface area contributed by atoms with E-state index < -0.39 is 10.0 Å². The first-order valence-electron chi connectivity index (χ1n) is 9.10. The molecule has 0 spiro atoms. The van der Waals surface area contributed by atoms with Gasteiger partial charge in [-0.05, 0) is 26.0 Å². The van der Waals surface area contributed by atoms with E-state index in [4.69, 9.17) is 0 Å². The van der Waals surface area contributed by atoms with Gasteiger partial charge in [0.1, 0.15) is 24.3 Å². The van der Waals surface area contributed by atoms with E-state index in [-0.39, 0.29) is 0 Å². The number of nitrogens with zero attached hydrogens (tertiary/aromatic N) is 6. The molecule has 3 heterocycles. The number of piperazine rings is 1. The molecule has 0 amide bonds. The molecule has 9 heteroatoms. The van der Waals surface area contributed by atoms with Crippen LogP contribution < -0.4 is 4.90 Å². The van der Waals surface area contributed by atoms with E-state index in [0.29, 0.717) is 31.1 Å². The van der Waals surface area contributed by atoms with Crippen LogP contribution in [-0.4, -0.2) is 58.4 Å². The summed E-state index contributed by atoms with van der Waals surface area (Å²) in [5.74, 6) is 1.54. The lowest BCUT2D eigenvalue weighted by Gasteiger charge is -2.34. The van der Waals surface area contributed by atoms with Crippen LogP contribution in [-0.2, 0) is 10.0 Å². The van der Waals surface area contributed by atoms with Crippen LogP contribution in [0.4, 0.5) is 5.82 Å². The van der Waals surface area contributed by atoms with E-state index in [1.165, 1.54) is 10.6 Å². The minimum Gasteiger partial charge on any atom is -0.354 e. The van der Waals surface area contributed by atoms with Crippen molar-refractivity contribution >= 4 is 15.8 Å². The highest BCUT2D eigenvalue weighted by molar-refractivity contribution is 7.89. The van der Waals surface area contributed by atoms with Gasteiger partial charge in [-0.1, -0.05) is 18.2 Å². The summed E-state index contributed by atoms with van der Waals surface area (Å²) >= 11 is 0. The molecule has 0 bridgehead atoms. The molecule has 2 aromatic heterocycles. The first-order chi connectivity index (χ1) is 13.5. The third-order valence-corrected chi connectivity index (χ3v) is 6.99. The fourth-order valence-corrected chi connectivity index (χ4v) is 4.71. The Labute approximate surface area is 164 Å². The van der Waals surface area contributed by atoms with Crippen molar-refractivity contribution in [2.75, 3.05) is 31.1 Å². The second-order valence-corrected chi connectivity index (χ2v) is 8.66. The molecule has 4 rings (SSSR count). The zero-order chi connectivity index (χ0) is 19.7. The Morgan fingerprint density at radius 1 is 0.893 bits per heavy atom. The number of hydrogen-bond donors (Lipinski definition) is 0. The minimum absolute atomic E-state index is 0.332. The van der Waals surface area contributed by atoms with Gasteiger partial charge in [-0.25, -0.2) is 23.4 Å². The number of benzene rings is 1. The third kappa shape index (κ3) is 3.38. The van der Waals surface area contributed by atoms with Crippen LogP contribution in [0.15, 0.2) is 53.9 Å². The molecule has 1 fully saturated rings. The van der Waals surface area contributed by atoms with E-state index in [1.807, 2.05) is 30.5 Å². The predicted molar refractivity (Wildman–Crippen MR) is 106 cm³/mol. The molecule has 28 heavy (non-hydrogen) atoms. The Morgan fingerprint density at radius 3 is 2.21 bits per heavy atom. The van der Waals surface area contributed by atoms with Gasteiger partial charge in [0, 0.05) is 37.9 Å². The van der Waals surface area contributed by atoms with Crippen LogP contribution in [0, 0.1) is 13.8 Å². The van der Waals surface area contributed by atoms with Gasteiger partial charge in [-0.3, -0.25) is 4.57 Å². The van der Waals surface area contributed by atoms with Gasteiger partial charge in [-0.2, -0.15) is 4.31 Å². The Bertz CT molecular complexity index is 1070. The zero-order valence-electron chi connectivity index (χ0n) is 15.9. The van der Waals surface area contributed by atoms with Crippen molar-refractivity contribution < 1.29 is 8.42 Å². The number of imidazole rings is 1. The van der Waals surface area contributed by atoms with Crippen LogP contribution >= 0.6 is 0 Å². The number of rotatable bonds is 4. The van der Waals surface area contributed by atoms with Gasteiger partial charge in [0.05, 0.1) is 10.6 Å². The Hall–Kier alpha value is -2.78. The van der Waals surface area contributed by atoms with Gasteiger partial charge in [-0.15, -0.1) is 0 Å². The van der Waals surface area contributed by atoms with Crippen molar-refractivity contribution in [2.45, 2.75) is 18.7 Å². The summed E-state index contributed by atoms with van der Waals surface area (Å²) < 4.78 is 29.0. The van der Waals surface area contributed by atoms with Gasteiger partial charge >= 0.3 is 0 Å². The van der Waals surface area contributed by atoms with E-state index in [9.17, 15) is 8.42 Å². The van der Waals surface area contributed by atoms with E-state index in [0.717, 1.165) is 23.0 Å². The maximum Gasteiger partial charge on any atom is 0.243 e. The first kappa shape index (κ1) is 18.6. The monoisotopic (exact) mass is 398 g/mol. The molecule has 0 N–H and O–H groups in total. The SMILES string of the molecule is Cc1ncn(-c2cc(N3CCN(S(=O)(=O)c4ccccc4)CC3)ncn2)c1C. The summed E-state index contributed by atoms with van der Waals surface area (Å²) in [5.41, 5.74) is 1.99. The molecule has 0 aliphatic carbocycles. The average Bonchev–Trinajstić information content (AvgIpc) is 3.07. The molecule has 146 valence electrons. The Balaban J connectivity index is 1.50. The highest BCUT2D eigenvalue weighted by atomic mass is 32.2.